The highest BCUT2D eigenvalue weighted by molar-refractivity contribution is 14.0. The number of nitrogens with zero attached hydrogens (tertiary/aromatic N) is 4. The summed E-state index contributed by atoms with van der Waals surface area (Å²) in [6, 6.07) is 0.364. The Morgan fingerprint density at radius 1 is 1.38 bits per heavy atom. The zero-order chi connectivity index (χ0) is 18.4. The lowest BCUT2D eigenvalue weighted by atomic mass is 9.93. The van der Waals surface area contributed by atoms with Crippen molar-refractivity contribution in [2.75, 3.05) is 26.2 Å². The quantitative estimate of drug-likeness (QED) is 0.397. The highest BCUT2D eigenvalue weighted by Gasteiger charge is 2.29. The van der Waals surface area contributed by atoms with Gasteiger partial charge in [-0.15, -0.1) is 24.0 Å². The van der Waals surface area contributed by atoms with E-state index in [0.717, 1.165) is 32.0 Å². The molecular weight excluding hydrogens is 443 g/mol. The summed E-state index contributed by atoms with van der Waals surface area (Å²) in [5.41, 5.74) is -0.238. The molecule has 7 nitrogen and oxygen atoms in total. The lowest BCUT2D eigenvalue weighted by Gasteiger charge is -2.39. The van der Waals surface area contributed by atoms with Crippen molar-refractivity contribution in [3.8, 4) is 0 Å². The second-order valence-electron chi connectivity index (χ2n) is 7.76. The minimum absolute atomic E-state index is 0. The number of aliphatic imine (C=N–C) groups is 1. The summed E-state index contributed by atoms with van der Waals surface area (Å²) in [6.07, 6.45) is 6.81. The number of guanidine groups is 1. The van der Waals surface area contributed by atoms with Gasteiger partial charge in [0.2, 0.25) is 5.91 Å². The highest BCUT2D eigenvalue weighted by atomic mass is 127. The zero-order valence-electron chi connectivity index (χ0n) is 16.5. The second kappa shape index (κ2) is 10.1. The number of halogens is 1. The second-order valence-corrected chi connectivity index (χ2v) is 7.76. The van der Waals surface area contributed by atoms with E-state index in [0.29, 0.717) is 12.0 Å². The molecule has 1 aromatic heterocycles. The van der Waals surface area contributed by atoms with Crippen molar-refractivity contribution in [3.63, 3.8) is 0 Å². The molecule has 26 heavy (non-hydrogen) atoms. The Kier molecular flexibility index (Phi) is 8.85. The maximum atomic E-state index is 12.1. The van der Waals surface area contributed by atoms with Crippen LogP contribution in [0.2, 0.25) is 0 Å². The molecule has 2 N–H and O–H groups in total. The van der Waals surface area contributed by atoms with Gasteiger partial charge in [-0.25, -0.2) is 9.98 Å². The van der Waals surface area contributed by atoms with Gasteiger partial charge in [0.1, 0.15) is 6.54 Å². The summed E-state index contributed by atoms with van der Waals surface area (Å²) >= 11 is 0. The van der Waals surface area contributed by atoms with E-state index in [-0.39, 0.29) is 42.0 Å². The third-order valence-electron chi connectivity index (χ3n) is 4.35. The van der Waals surface area contributed by atoms with E-state index in [2.05, 4.69) is 37.0 Å². The van der Waals surface area contributed by atoms with Crippen LogP contribution in [0.4, 0.5) is 0 Å². The molecule has 1 amide bonds. The molecule has 1 aromatic rings. The molecule has 0 aromatic carbocycles. The maximum absolute atomic E-state index is 12.1. The van der Waals surface area contributed by atoms with Gasteiger partial charge in [0.05, 0.1) is 12.4 Å². The van der Waals surface area contributed by atoms with Crippen molar-refractivity contribution in [3.05, 3.63) is 18.7 Å². The first kappa shape index (κ1) is 22.7. The van der Waals surface area contributed by atoms with Gasteiger partial charge in [-0.2, -0.15) is 0 Å². The Morgan fingerprint density at radius 3 is 2.69 bits per heavy atom. The number of rotatable bonds is 4. The Labute approximate surface area is 174 Å². The summed E-state index contributed by atoms with van der Waals surface area (Å²) in [4.78, 5) is 23.1. The zero-order valence-corrected chi connectivity index (χ0v) is 18.9. The molecule has 0 bridgehead atoms. The van der Waals surface area contributed by atoms with Crippen LogP contribution in [0.15, 0.2) is 23.7 Å². The number of likely N-dealkylation sites (tertiary alicyclic amines) is 1. The summed E-state index contributed by atoms with van der Waals surface area (Å²) in [6.45, 7) is 13.0. The molecule has 0 radical (unpaired) electrons. The average molecular weight is 476 g/mol. The molecule has 1 saturated heterocycles. The fraction of sp³-hybridized carbons (Fsp3) is 0.722. The van der Waals surface area contributed by atoms with Crippen molar-refractivity contribution in [2.45, 2.75) is 52.6 Å². The normalized spacial score (nSPS) is 21.1. The number of aromatic nitrogens is 2. The van der Waals surface area contributed by atoms with E-state index in [1.165, 1.54) is 0 Å². The van der Waals surface area contributed by atoms with E-state index < -0.39 is 0 Å². The summed E-state index contributed by atoms with van der Waals surface area (Å²) in [5.74, 6) is 1.33. The predicted octanol–water partition coefficient (Wildman–Crippen LogP) is 2.26. The van der Waals surface area contributed by atoms with Gasteiger partial charge in [0, 0.05) is 37.6 Å². The minimum Gasteiger partial charge on any atom is -0.357 e. The van der Waals surface area contributed by atoms with E-state index in [1.807, 2.05) is 46.4 Å². The Hall–Kier alpha value is -1.32. The van der Waals surface area contributed by atoms with Gasteiger partial charge in [0.15, 0.2) is 5.96 Å². The molecule has 2 heterocycles. The van der Waals surface area contributed by atoms with E-state index >= 15 is 0 Å². The van der Waals surface area contributed by atoms with Crippen molar-refractivity contribution in [2.24, 2.45) is 10.9 Å². The predicted molar refractivity (Wildman–Crippen MR) is 116 cm³/mol. The summed E-state index contributed by atoms with van der Waals surface area (Å²) < 4.78 is 2.17. The molecule has 0 spiro atoms. The fourth-order valence-corrected chi connectivity index (χ4v) is 3.13. The van der Waals surface area contributed by atoms with Crippen LogP contribution in [0, 0.1) is 5.92 Å². The van der Waals surface area contributed by atoms with Crippen molar-refractivity contribution in [1.29, 1.82) is 0 Å². The number of amides is 1. The molecule has 8 heteroatoms. The van der Waals surface area contributed by atoms with Gasteiger partial charge >= 0.3 is 0 Å². The number of hydrogen-bond donors (Lipinski definition) is 2. The number of carbonyl (C=O) groups is 1. The SMILES string of the molecule is CCNC(=NCC(=O)NC(C)(C)C)N1CCC(C)C(n2ccnc2)C1.I. The highest BCUT2D eigenvalue weighted by Crippen LogP contribution is 2.27. The summed E-state index contributed by atoms with van der Waals surface area (Å²) in [5, 5.41) is 6.28. The average Bonchev–Trinajstić information content (AvgIpc) is 3.04. The third-order valence-corrected chi connectivity index (χ3v) is 4.35. The molecular formula is C18H33IN6O. The Balaban J connectivity index is 0.00000338. The minimum atomic E-state index is -0.238. The maximum Gasteiger partial charge on any atom is 0.242 e. The summed E-state index contributed by atoms with van der Waals surface area (Å²) in [7, 11) is 0. The first-order valence-corrected chi connectivity index (χ1v) is 9.12. The van der Waals surface area contributed by atoms with Crippen LogP contribution < -0.4 is 10.6 Å². The molecule has 1 fully saturated rings. The standard InChI is InChI=1S/C18H32N6O.HI/c1-6-20-17(21-11-16(25)22-18(3,4)5)23-9-7-14(2)15(12-23)24-10-8-19-13-24;/h8,10,13-15H,6-7,9,11-12H2,1-5H3,(H,20,21)(H,22,25);1H. The van der Waals surface area contributed by atoms with Crippen molar-refractivity contribution >= 4 is 35.8 Å². The van der Waals surface area contributed by atoms with Gasteiger partial charge < -0.3 is 20.1 Å². The lowest BCUT2D eigenvalue weighted by molar-refractivity contribution is -0.121. The van der Waals surface area contributed by atoms with Gasteiger partial charge in [0.25, 0.3) is 0 Å². The van der Waals surface area contributed by atoms with Crippen molar-refractivity contribution in [1.82, 2.24) is 25.1 Å². The Bertz CT molecular complexity index is 581. The first-order valence-electron chi connectivity index (χ1n) is 9.12. The van der Waals surface area contributed by atoms with Gasteiger partial charge in [-0.3, -0.25) is 4.79 Å². The number of imidazole rings is 1. The fourth-order valence-electron chi connectivity index (χ4n) is 3.13. The number of nitrogens with one attached hydrogen (secondary N) is 2. The Morgan fingerprint density at radius 2 is 2.12 bits per heavy atom. The van der Waals surface area contributed by atoms with Crippen LogP contribution in [0.3, 0.4) is 0 Å². The van der Waals surface area contributed by atoms with Crippen LogP contribution in [0.1, 0.15) is 47.1 Å². The largest absolute Gasteiger partial charge is 0.357 e. The topological polar surface area (TPSA) is 74.6 Å². The lowest BCUT2D eigenvalue weighted by Crippen LogP contribution is -2.49. The van der Waals surface area contributed by atoms with Crippen LogP contribution in [-0.2, 0) is 4.79 Å². The molecule has 2 unspecified atom stereocenters. The molecule has 1 aliphatic heterocycles. The number of piperidine rings is 1. The third kappa shape index (κ3) is 6.77. The van der Waals surface area contributed by atoms with E-state index in [9.17, 15) is 4.79 Å². The smallest absolute Gasteiger partial charge is 0.242 e. The van der Waals surface area contributed by atoms with Crippen LogP contribution >= 0.6 is 24.0 Å². The van der Waals surface area contributed by atoms with E-state index in [1.54, 1.807) is 0 Å². The van der Waals surface area contributed by atoms with Crippen LogP contribution in [0.25, 0.3) is 0 Å². The number of carbonyl (C=O) groups excluding carboxylic acids is 1. The van der Waals surface area contributed by atoms with Gasteiger partial charge in [-0.1, -0.05) is 6.92 Å². The molecule has 1 aliphatic rings. The molecule has 2 rings (SSSR count). The van der Waals surface area contributed by atoms with Crippen LogP contribution in [0.5, 0.6) is 0 Å². The molecule has 148 valence electrons. The first-order chi connectivity index (χ1) is 11.8. The monoisotopic (exact) mass is 476 g/mol. The molecule has 0 aliphatic carbocycles. The molecule has 2 atom stereocenters. The van der Waals surface area contributed by atoms with E-state index in [4.69, 9.17) is 0 Å². The molecule has 0 saturated carbocycles. The van der Waals surface area contributed by atoms with Crippen LogP contribution in [-0.4, -0.2) is 58.0 Å². The van der Waals surface area contributed by atoms with Crippen molar-refractivity contribution < 1.29 is 4.79 Å². The number of hydrogen-bond acceptors (Lipinski definition) is 3. The van der Waals surface area contributed by atoms with Gasteiger partial charge in [-0.05, 0) is 40.0 Å².